The van der Waals surface area contributed by atoms with E-state index < -0.39 is 5.60 Å². The zero-order valence-corrected chi connectivity index (χ0v) is 10.2. The molecule has 4 heteroatoms. The lowest BCUT2D eigenvalue weighted by Crippen LogP contribution is -2.51. The molecule has 1 atom stereocenters. The van der Waals surface area contributed by atoms with Gasteiger partial charge in [0.05, 0.1) is 18.3 Å². The normalized spacial score (nSPS) is 30.8. The second kappa shape index (κ2) is 5.45. The molecule has 16 heavy (non-hydrogen) atoms. The van der Waals surface area contributed by atoms with Crippen LogP contribution in [0.3, 0.4) is 0 Å². The SMILES string of the molecule is CNCC1CN(CC2(O)CCCC2)CCO1. The molecule has 1 aliphatic carbocycles. The lowest BCUT2D eigenvalue weighted by molar-refractivity contribution is -0.0609. The number of morpholine rings is 1. The molecule has 1 aliphatic heterocycles. The third kappa shape index (κ3) is 3.17. The van der Waals surface area contributed by atoms with E-state index in [4.69, 9.17) is 4.74 Å². The summed E-state index contributed by atoms with van der Waals surface area (Å²) in [5.41, 5.74) is -0.415. The van der Waals surface area contributed by atoms with E-state index in [-0.39, 0.29) is 6.10 Å². The first kappa shape index (κ1) is 12.3. The monoisotopic (exact) mass is 228 g/mol. The second-order valence-corrected chi connectivity index (χ2v) is 5.22. The molecule has 94 valence electrons. The van der Waals surface area contributed by atoms with Gasteiger partial charge in [-0.25, -0.2) is 0 Å². The van der Waals surface area contributed by atoms with Crippen LogP contribution >= 0.6 is 0 Å². The molecule has 0 spiro atoms. The van der Waals surface area contributed by atoms with Crippen molar-refractivity contribution in [1.82, 2.24) is 10.2 Å². The van der Waals surface area contributed by atoms with E-state index in [0.29, 0.717) is 0 Å². The fourth-order valence-corrected chi connectivity index (χ4v) is 2.88. The summed E-state index contributed by atoms with van der Waals surface area (Å²) in [4.78, 5) is 2.36. The zero-order valence-electron chi connectivity index (χ0n) is 10.2. The van der Waals surface area contributed by atoms with Gasteiger partial charge in [0.2, 0.25) is 0 Å². The Morgan fingerprint density at radius 1 is 1.44 bits per heavy atom. The minimum atomic E-state index is -0.415. The molecule has 0 aromatic heterocycles. The van der Waals surface area contributed by atoms with Crippen molar-refractivity contribution >= 4 is 0 Å². The predicted octanol–water partition coefficient (Wildman–Crippen LogP) is 0.212. The fraction of sp³-hybridized carbons (Fsp3) is 1.00. The first-order chi connectivity index (χ1) is 7.72. The summed E-state index contributed by atoms with van der Waals surface area (Å²) in [6.07, 6.45) is 4.59. The van der Waals surface area contributed by atoms with E-state index in [1.807, 2.05) is 7.05 Å². The molecule has 0 bridgehead atoms. The Balaban J connectivity index is 1.80. The molecule has 1 saturated carbocycles. The van der Waals surface area contributed by atoms with Crippen LogP contribution in [0.5, 0.6) is 0 Å². The lowest BCUT2D eigenvalue weighted by atomic mass is 10.0. The van der Waals surface area contributed by atoms with E-state index in [9.17, 15) is 5.11 Å². The largest absolute Gasteiger partial charge is 0.389 e. The molecule has 2 aliphatic rings. The van der Waals surface area contributed by atoms with Crippen molar-refractivity contribution in [2.24, 2.45) is 0 Å². The molecule has 0 amide bonds. The topological polar surface area (TPSA) is 44.7 Å². The summed E-state index contributed by atoms with van der Waals surface area (Å²) >= 11 is 0. The van der Waals surface area contributed by atoms with Gasteiger partial charge >= 0.3 is 0 Å². The summed E-state index contributed by atoms with van der Waals surface area (Å²) in [5.74, 6) is 0. The maximum Gasteiger partial charge on any atom is 0.0826 e. The van der Waals surface area contributed by atoms with Crippen LogP contribution in [0, 0.1) is 0 Å². The van der Waals surface area contributed by atoms with Crippen LogP contribution in [0.1, 0.15) is 25.7 Å². The van der Waals surface area contributed by atoms with Gasteiger partial charge in [-0.05, 0) is 19.9 Å². The Hall–Kier alpha value is -0.160. The van der Waals surface area contributed by atoms with Gasteiger partial charge < -0.3 is 15.2 Å². The highest BCUT2D eigenvalue weighted by atomic mass is 16.5. The average molecular weight is 228 g/mol. The number of likely N-dealkylation sites (N-methyl/N-ethyl adjacent to an activating group) is 1. The Morgan fingerprint density at radius 2 is 2.19 bits per heavy atom. The Labute approximate surface area is 98.0 Å². The van der Waals surface area contributed by atoms with Gasteiger partial charge in [-0.2, -0.15) is 0 Å². The first-order valence-electron chi connectivity index (χ1n) is 6.43. The van der Waals surface area contributed by atoms with Crippen molar-refractivity contribution in [3.05, 3.63) is 0 Å². The lowest BCUT2D eigenvalue weighted by Gasteiger charge is -2.37. The quantitative estimate of drug-likeness (QED) is 0.722. The molecular formula is C12H24N2O2. The summed E-state index contributed by atoms with van der Waals surface area (Å²) < 4.78 is 5.66. The maximum atomic E-state index is 10.4. The summed E-state index contributed by atoms with van der Waals surface area (Å²) in [6, 6.07) is 0. The summed E-state index contributed by atoms with van der Waals surface area (Å²) in [5, 5.41) is 13.5. The maximum absolute atomic E-state index is 10.4. The van der Waals surface area contributed by atoms with Crippen molar-refractivity contribution in [2.75, 3.05) is 39.8 Å². The fourth-order valence-electron chi connectivity index (χ4n) is 2.88. The standard InChI is InChI=1S/C12H24N2O2/c1-13-8-11-9-14(6-7-16-11)10-12(15)4-2-3-5-12/h11,13,15H,2-10H2,1H3. The van der Waals surface area contributed by atoms with Gasteiger partial charge in [0.1, 0.15) is 0 Å². The Morgan fingerprint density at radius 3 is 2.88 bits per heavy atom. The summed E-state index contributed by atoms with van der Waals surface area (Å²) in [7, 11) is 1.95. The first-order valence-corrected chi connectivity index (χ1v) is 6.43. The second-order valence-electron chi connectivity index (χ2n) is 5.22. The minimum absolute atomic E-state index is 0.281. The summed E-state index contributed by atoms with van der Waals surface area (Å²) in [6.45, 7) is 4.43. The molecule has 0 radical (unpaired) electrons. The number of β-amino-alcohol motifs (C(OH)–C–C–N with tert-alkyl or cyclic N) is 1. The molecule has 0 aromatic rings. The highest BCUT2D eigenvalue weighted by Crippen LogP contribution is 2.30. The molecule has 2 rings (SSSR count). The van der Waals surface area contributed by atoms with E-state index in [1.165, 1.54) is 12.8 Å². The van der Waals surface area contributed by atoms with E-state index >= 15 is 0 Å². The van der Waals surface area contributed by atoms with Gasteiger partial charge in [0.25, 0.3) is 0 Å². The molecule has 0 aromatic carbocycles. The van der Waals surface area contributed by atoms with Crippen LogP contribution in [0.15, 0.2) is 0 Å². The van der Waals surface area contributed by atoms with E-state index in [1.54, 1.807) is 0 Å². The average Bonchev–Trinajstić information content (AvgIpc) is 2.66. The van der Waals surface area contributed by atoms with Crippen LogP contribution in [-0.2, 0) is 4.74 Å². The molecule has 1 heterocycles. The van der Waals surface area contributed by atoms with Crippen LogP contribution in [0.25, 0.3) is 0 Å². The molecule has 1 saturated heterocycles. The number of hydrogen-bond donors (Lipinski definition) is 2. The smallest absolute Gasteiger partial charge is 0.0826 e. The molecule has 4 nitrogen and oxygen atoms in total. The third-order valence-electron chi connectivity index (χ3n) is 3.71. The highest BCUT2D eigenvalue weighted by Gasteiger charge is 2.34. The minimum Gasteiger partial charge on any atom is -0.389 e. The van der Waals surface area contributed by atoms with Gasteiger partial charge in [0, 0.05) is 26.2 Å². The molecular weight excluding hydrogens is 204 g/mol. The van der Waals surface area contributed by atoms with E-state index in [0.717, 1.165) is 45.6 Å². The van der Waals surface area contributed by atoms with Crippen molar-refractivity contribution in [3.63, 3.8) is 0 Å². The Kier molecular flexibility index (Phi) is 4.19. The van der Waals surface area contributed by atoms with Gasteiger partial charge in [-0.15, -0.1) is 0 Å². The number of rotatable bonds is 4. The van der Waals surface area contributed by atoms with E-state index in [2.05, 4.69) is 10.2 Å². The molecule has 2 N–H and O–H groups in total. The van der Waals surface area contributed by atoms with Gasteiger partial charge in [0.15, 0.2) is 0 Å². The number of aliphatic hydroxyl groups is 1. The number of ether oxygens (including phenoxy) is 1. The Bertz CT molecular complexity index is 215. The predicted molar refractivity (Wildman–Crippen MR) is 63.5 cm³/mol. The van der Waals surface area contributed by atoms with Crippen molar-refractivity contribution in [3.8, 4) is 0 Å². The number of nitrogens with one attached hydrogen (secondary N) is 1. The van der Waals surface area contributed by atoms with Crippen LogP contribution in [-0.4, -0.2) is 61.5 Å². The zero-order chi connectivity index (χ0) is 11.4. The number of hydrogen-bond acceptors (Lipinski definition) is 4. The third-order valence-corrected chi connectivity index (χ3v) is 3.71. The van der Waals surface area contributed by atoms with Crippen LogP contribution in [0.4, 0.5) is 0 Å². The molecule has 2 fully saturated rings. The number of nitrogens with zero attached hydrogens (tertiary/aromatic N) is 1. The van der Waals surface area contributed by atoms with Crippen molar-refractivity contribution < 1.29 is 9.84 Å². The highest BCUT2D eigenvalue weighted by molar-refractivity contribution is 4.88. The van der Waals surface area contributed by atoms with Crippen LogP contribution < -0.4 is 5.32 Å². The van der Waals surface area contributed by atoms with Gasteiger partial charge in [-0.1, -0.05) is 12.8 Å². The van der Waals surface area contributed by atoms with Crippen molar-refractivity contribution in [1.29, 1.82) is 0 Å². The van der Waals surface area contributed by atoms with Crippen LogP contribution in [0.2, 0.25) is 0 Å². The van der Waals surface area contributed by atoms with Gasteiger partial charge in [-0.3, -0.25) is 4.90 Å². The van der Waals surface area contributed by atoms with Crippen molar-refractivity contribution in [2.45, 2.75) is 37.4 Å². The molecule has 1 unspecified atom stereocenters.